The van der Waals surface area contributed by atoms with Crippen LogP contribution in [0.1, 0.15) is 12.8 Å². The zero-order valence-corrected chi connectivity index (χ0v) is 14.0. The van der Waals surface area contributed by atoms with Crippen LogP contribution in [0.4, 0.5) is 11.6 Å². The molecule has 1 aliphatic rings. The third-order valence-corrected chi connectivity index (χ3v) is 4.53. The minimum atomic E-state index is 0.456. The summed E-state index contributed by atoms with van der Waals surface area (Å²) >= 11 is 0. The van der Waals surface area contributed by atoms with Gasteiger partial charge in [0.1, 0.15) is 30.6 Å². The topological polar surface area (TPSA) is 88.8 Å². The molecule has 9 heteroatoms. The molecule has 0 spiro atoms. The molecular formula is C16H19N9. The van der Waals surface area contributed by atoms with Crippen molar-refractivity contribution in [1.29, 1.82) is 0 Å². The molecule has 128 valence electrons. The molecule has 0 atom stereocenters. The van der Waals surface area contributed by atoms with Crippen LogP contribution in [0.5, 0.6) is 0 Å². The number of anilines is 2. The molecule has 25 heavy (non-hydrogen) atoms. The number of rotatable bonds is 4. The van der Waals surface area contributed by atoms with Crippen molar-refractivity contribution in [1.82, 2.24) is 34.7 Å². The summed E-state index contributed by atoms with van der Waals surface area (Å²) in [6.45, 7) is 1.85. The fourth-order valence-electron chi connectivity index (χ4n) is 3.10. The molecule has 0 radical (unpaired) electrons. The van der Waals surface area contributed by atoms with Gasteiger partial charge < -0.3 is 9.80 Å². The number of hydrogen-bond acceptors (Lipinski definition) is 8. The highest BCUT2D eigenvalue weighted by Gasteiger charge is 2.24. The predicted octanol–water partition coefficient (Wildman–Crippen LogP) is 0.952. The summed E-state index contributed by atoms with van der Waals surface area (Å²) in [5.74, 6) is 2.51. The molecule has 4 rings (SSSR count). The third-order valence-electron chi connectivity index (χ3n) is 4.53. The van der Waals surface area contributed by atoms with Gasteiger partial charge >= 0.3 is 0 Å². The number of hydrogen-bond donors (Lipinski definition) is 0. The van der Waals surface area contributed by atoms with Crippen LogP contribution >= 0.6 is 0 Å². The average molecular weight is 337 g/mol. The summed E-state index contributed by atoms with van der Waals surface area (Å²) < 4.78 is 1.62. The maximum atomic E-state index is 4.66. The SMILES string of the molecule is CN(c1ccncn1)C1CCN(c2cncc(-n3cncn3)n2)CC1. The summed E-state index contributed by atoms with van der Waals surface area (Å²) in [5, 5.41) is 4.11. The molecule has 0 aliphatic carbocycles. The Hall–Kier alpha value is -3.10. The first-order chi connectivity index (χ1) is 12.3. The van der Waals surface area contributed by atoms with Gasteiger partial charge in [-0.25, -0.2) is 24.6 Å². The molecule has 0 unspecified atom stereocenters. The van der Waals surface area contributed by atoms with E-state index in [2.05, 4.69) is 46.9 Å². The van der Waals surface area contributed by atoms with E-state index in [1.54, 1.807) is 35.9 Å². The van der Waals surface area contributed by atoms with Gasteiger partial charge in [0.2, 0.25) is 0 Å². The van der Waals surface area contributed by atoms with E-state index >= 15 is 0 Å². The van der Waals surface area contributed by atoms with Gasteiger partial charge in [-0.05, 0) is 18.9 Å². The van der Waals surface area contributed by atoms with Crippen LogP contribution in [-0.4, -0.2) is 60.9 Å². The lowest BCUT2D eigenvalue weighted by molar-refractivity contribution is 0.477. The second-order valence-electron chi connectivity index (χ2n) is 5.97. The zero-order chi connectivity index (χ0) is 17.1. The zero-order valence-electron chi connectivity index (χ0n) is 14.0. The Kier molecular flexibility index (Phi) is 4.19. The van der Waals surface area contributed by atoms with Crippen molar-refractivity contribution in [2.45, 2.75) is 18.9 Å². The van der Waals surface area contributed by atoms with Gasteiger partial charge in [0, 0.05) is 32.4 Å². The summed E-state index contributed by atoms with van der Waals surface area (Å²) in [6.07, 6.45) is 12.0. The molecular weight excluding hydrogens is 318 g/mol. The average Bonchev–Trinajstić information content (AvgIpc) is 3.23. The highest BCUT2D eigenvalue weighted by molar-refractivity contribution is 5.41. The smallest absolute Gasteiger partial charge is 0.175 e. The van der Waals surface area contributed by atoms with E-state index < -0.39 is 0 Å². The largest absolute Gasteiger partial charge is 0.356 e. The van der Waals surface area contributed by atoms with Gasteiger partial charge in [0.15, 0.2) is 5.82 Å². The van der Waals surface area contributed by atoms with Gasteiger partial charge in [0.25, 0.3) is 0 Å². The van der Waals surface area contributed by atoms with Crippen LogP contribution in [0.2, 0.25) is 0 Å². The summed E-state index contributed by atoms with van der Waals surface area (Å²) in [4.78, 5) is 25.7. The van der Waals surface area contributed by atoms with Crippen LogP contribution in [0.3, 0.4) is 0 Å². The van der Waals surface area contributed by atoms with Crippen molar-refractivity contribution in [3.63, 3.8) is 0 Å². The number of nitrogens with zero attached hydrogens (tertiary/aromatic N) is 9. The van der Waals surface area contributed by atoms with Gasteiger partial charge in [0.05, 0.1) is 12.4 Å². The Morgan fingerprint density at radius 1 is 1.04 bits per heavy atom. The molecule has 1 fully saturated rings. The molecule has 0 aromatic carbocycles. The molecule has 3 aromatic heterocycles. The fraction of sp³-hybridized carbons (Fsp3) is 0.375. The van der Waals surface area contributed by atoms with Gasteiger partial charge in [-0.1, -0.05) is 0 Å². The van der Waals surface area contributed by atoms with E-state index in [1.165, 1.54) is 6.33 Å². The van der Waals surface area contributed by atoms with Crippen molar-refractivity contribution in [3.05, 3.63) is 43.6 Å². The van der Waals surface area contributed by atoms with E-state index in [1.807, 2.05) is 6.07 Å². The minimum absolute atomic E-state index is 0.456. The second-order valence-corrected chi connectivity index (χ2v) is 5.97. The maximum absolute atomic E-state index is 4.66. The highest BCUT2D eigenvalue weighted by atomic mass is 15.4. The van der Waals surface area contributed by atoms with E-state index in [0.717, 1.165) is 37.6 Å². The molecule has 3 aromatic rings. The number of piperidine rings is 1. The van der Waals surface area contributed by atoms with Crippen molar-refractivity contribution < 1.29 is 0 Å². The maximum Gasteiger partial charge on any atom is 0.175 e. The molecule has 1 aliphatic heterocycles. The van der Waals surface area contributed by atoms with Gasteiger partial charge in [-0.2, -0.15) is 5.10 Å². The Bertz CT molecular complexity index is 797. The summed E-state index contributed by atoms with van der Waals surface area (Å²) in [5.41, 5.74) is 0. The second kappa shape index (κ2) is 6.80. The Balaban J connectivity index is 1.43. The van der Waals surface area contributed by atoms with Crippen molar-refractivity contribution in [2.24, 2.45) is 0 Å². The monoisotopic (exact) mass is 337 g/mol. The fourth-order valence-corrected chi connectivity index (χ4v) is 3.10. The molecule has 0 amide bonds. The summed E-state index contributed by atoms with van der Waals surface area (Å²) in [6, 6.07) is 2.40. The first kappa shape index (κ1) is 15.4. The molecule has 4 heterocycles. The molecule has 1 saturated heterocycles. The van der Waals surface area contributed by atoms with E-state index in [4.69, 9.17) is 0 Å². The minimum Gasteiger partial charge on any atom is -0.356 e. The van der Waals surface area contributed by atoms with Crippen LogP contribution in [0, 0.1) is 0 Å². The van der Waals surface area contributed by atoms with Gasteiger partial charge in [-0.15, -0.1) is 0 Å². The van der Waals surface area contributed by atoms with Crippen LogP contribution in [0.25, 0.3) is 5.82 Å². The lowest BCUT2D eigenvalue weighted by atomic mass is 10.0. The Morgan fingerprint density at radius 2 is 1.88 bits per heavy atom. The highest BCUT2D eigenvalue weighted by Crippen LogP contribution is 2.23. The quantitative estimate of drug-likeness (QED) is 0.695. The van der Waals surface area contributed by atoms with E-state index in [0.29, 0.717) is 11.9 Å². The van der Waals surface area contributed by atoms with Crippen molar-refractivity contribution in [3.8, 4) is 5.82 Å². The standard InChI is InChI=1S/C16H19N9/c1-23(14-2-5-17-10-20-14)13-3-6-24(7-4-13)15-8-18-9-16(22-15)25-12-19-11-21-25/h2,5,8-13H,3-4,6-7H2,1H3. The first-order valence-electron chi connectivity index (χ1n) is 8.22. The lowest BCUT2D eigenvalue weighted by Crippen LogP contribution is -2.44. The Labute approximate surface area is 145 Å². The molecule has 9 nitrogen and oxygen atoms in total. The normalized spacial score (nSPS) is 15.3. The third kappa shape index (κ3) is 3.25. The Morgan fingerprint density at radius 3 is 2.60 bits per heavy atom. The van der Waals surface area contributed by atoms with Crippen LogP contribution < -0.4 is 9.80 Å². The van der Waals surface area contributed by atoms with E-state index in [-0.39, 0.29) is 0 Å². The number of aromatic nitrogens is 7. The van der Waals surface area contributed by atoms with E-state index in [9.17, 15) is 0 Å². The first-order valence-corrected chi connectivity index (χ1v) is 8.22. The molecule has 0 saturated carbocycles. The summed E-state index contributed by atoms with van der Waals surface area (Å²) in [7, 11) is 2.09. The van der Waals surface area contributed by atoms with Crippen molar-refractivity contribution >= 4 is 11.6 Å². The molecule has 0 bridgehead atoms. The van der Waals surface area contributed by atoms with Crippen LogP contribution in [-0.2, 0) is 0 Å². The molecule has 0 N–H and O–H groups in total. The lowest BCUT2D eigenvalue weighted by Gasteiger charge is -2.37. The van der Waals surface area contributed by atoms with Crippen LogP contribution in [0.15, 0.2) is 43.6 Å². The van der Waals surface area contributed by atoms with Gasteiger partial charge in [-0.3, -0.25) is 4.98 Å². The van der Waals surface area contributed by atoms with Crippen molar-refractivity contribution in [2.75, 3.05) is 29.9 Å². The predicted molar refractivity (Wildman–Crippen MR) is 92.6 cm³/mol.